The average Bonchev–Trinajstić information content (AvgIpc) is 2.53. The van der Waals surface area contributed by atoms with Gasteiger partial charge in [-0.2, -0.15) is 0 Å². The molecule has 13 heteroatoms. The number of anilines is 1. The smallest absolute Gasteiger partial charge is 0.311 e. The lowest BCUT2D eigenvalue weighted by atomic mass is 10.2. The van der Waals surface area contributed by atoms with Crippen molar-refractivity contribution in [2.45, 2.75) is 11.4 Å². The maximum atomic E-state index is 14.1. The molecule has 0 aliphatic rings. The average molecular weight is 453 g/mol. The highest BCUT2D eigenvalue weighted by molar-refractivity contribution is 9.10. The van der Waals surface area contributed by atoms with Crippen molar-refractivity contribution < 1.29 is 26.9 Å². The number of nitrogens with zero attached hydrogens (tertiary/aromatic N) is 2. The Morgan fingerprint density at radius 3 is 2.42 bits per heavy atom. The molecule has 0 amide bonds. The van der Waals surface area contributed by atoms with Crippen molar-refractivity contribution in [2.24, 2.45) is 5.14 Å². The fourth-order valence-electron chi connectivity index (χ4n) is 2.00. The molecule has 9 nitrogen and oxygen atoms in total. The maximum Gasteiger partial charge on any atom is 0.311 e. The van der Waals surface area contributed by atoms with E-state index < -0.39 is 49.3 Å². The lowest BCUT2D eigenvalue weighted by molar-refractivity contribution is -0.384. The van der Waals surface area contributed by atoms with E-state index in [1.54, 1.807) is 0 Å². The van der Waals surface area contributed by atoms with Crippen molar-refractivity contribution in [2.75, 3.05) is 12.4 Å². The summed E-state index contributed by atoms with van der Waals surface area (Å²) >= 11 is 3.07. The van der Waals surface area contributed by atoms with E-state index in [2.05, 4.69) is 26.2 Å². The van der Waals surface area contributed by atoms with Crippen LogP contribution in [0.3, 0.4) is 0 Å². The van der Waals surface area contributed by atoms with Gasteiger partial charge in [0, 0.05) is 12.1 Å². The number of hydrogen-bond donors (Lipinski definition) is 2. The number of nitrogens with two attached hydrogens (primary N) is 1. The van der Waals surface area contributed by atoms with Crippen molar-refractivity contribution >= 4 is 37.3 Å². The Morgan fingerprint density at radius 1 is 1.38 bits per heavy atom. The van der Waals surface area contributed by atoms with E-state index in [0.29, 0.717) is 12.1 Å². The van der Waals surface area contributed by atoms with Crippen LogP contribution in [0.2, 0.25) is 0 Å². The van der Waals surface area contributed by atoms with Gasteiger partial charge in [-0.05, 0) is 28.1 Å². The van der Waals surface area contributed by atoms with Crippen LogP contribution in [0.1, 0.15) is 5.56 Å². The largest absolute Gasteiger partial charge is 0.480 e. The van der Waals surface area contributed by atoms with E-state index in [1.807, 2.05) is 0 Å². The van der Waals surface area contributed by atoms with Gasteiger partial charge in [0.1, 0.15) is 28.0 Å². The topological polar surface area (TPSA) is 137 Å². The monoisotopic (exact) mass is 452 g/mol. The van der Waals surface area contributed by atoms with Crippen LogP contribution in [0.4, 0.5) is 20.2 Å². The predicted molar refractivity (Wildman–Crippen MR) is 90.2 cm³/mol. The van der Waals surface area contributed by atoms with E-state index in [9.17, 15) is 27.3 Å². The van der Waals surface area contributed by atoms with Gasteiger partial charge >= 0.3 is 5.69 Å². The summed E-state index contributed by atoms with van der Waals surface area (Å²) in [6.45, 7) is -0.519. The van der Waals surface area contributed by atoms with Crippen LogP contribution >= 0.6 is 15.9 Å². The summed E-state index contributed by atoms with van der Waals surface area (Å²) in [5.74, 6) is -2.34. The number of pyridine rings is 1. The van der Waals surface area contributed by atoms with Crippen LogP contribution in [0.25, 0.3) is 0 Å². The summed E-state index contributed by atoms with van der Waals surface area (Å²) in [4.78, 5) is 13.4. The van der Waals surface area contributed by atoms with Gasteiger partial charge in [-0.15, -0.1) is 0 Å². The Hall–Kier alpha value is -2.38. The quantitative estimate of drug-likeness (QED) is 0.506. The molecule has 1 aromatic heterocycles. The van der Waals surface area contributed by atoms with Gasteiger partial charge in [0.2, 0.25) is 15.9 Å². The number of nitro groups is 1. The van der Waals surface area contributed by atoms with Crippen LogP contribution in [0.15, 0.2) is 27.7 Å². The number of hydrogen-bond acceptors (Lipinski definition) is 7. The molecule has 0 bridgehead atoms. The Labute approximate surface area is 154 Å². The Kier molecular flexibility index (Phi) is 5.73. The third kappa shape index (κ3) is 4.05. The minimum atomic E-state index is -4.29. The highest BCUT2D eigenvalue weighted by atomic mass is 79.9. The number of halogens is 3. The number of primary sulfonamides is 1. The SMILES string of the molecule is COc1ncc([N+](=O)[O-])c(NCc2c(F)cc(S(N)(=O)=O)cc2F)c1Br. The van der Waals surface area contributed by atoms with Gasteiger partial charge in [-0.3, -0.25) is 10.1 Å². The summed E-state index contributed by atoms with van der Waals surface area (Å²) in [6.07, 6.45) is 0.919. The van der Waals surface area contributed by atoms with Gasteiger partial charge in [-0.1, -0.05) is 0 Å². The van der Waals surface area contributed by atoms with Crippen molar-refractivity contribution in [1.29, 1.82) is 0 Å². The summed E-state index contributed by atoms with van der Waals surface area (Å²) in [7, 11) is -3.00. The zero-order chi connectivity index (χ0) is 19.6. The molecule has 1 aromatic carbocycles. The number of sulfonamides is 1. The van der Waals surface area contributed by atoms with Crippen molar-refractivity contribution in [3.8, 4) is 5.88 Å². The first-order valence-electron chi connectivity index (χ1n) is 6.67. The standard InChI is InChI=1S/C13H11BrF2N4O5S/c1-25-13-11(14)12(10(5-19-13)20(21)22)18-4-7-8(15)2-6(3-9(7)16)26(17,23)24/h2-3,5H,4H2,1H3,(H,18,19)(H2,17,23,24). The lowest BCUT2D eigenvalue weighted by Crippen LogP contribution is -2.14. The summed E-state index contributed by atoms with van der Waals surface area (Å²) in [5.41, 5.74) is -1.11. The van der Waals surface area contributed by atoms with E-state index in [1.165, 1.54) is 7.11 Å². The van der Waals surface area contributed by atoms with Crippen LogP contribution in [-0.2, 0) is 16.6 Å². The van der Waals surface area contributed by atoms with Crippen molar-refractivity contribution in [3.05, 3.63) is 50.1 Å². The molecule has 0 aliphatic heterocycles. The number of benzene rings is 1. The van der Waals surface area contributed by atoms with Gasteiger partial charge in [0.15, 0.2) is 0 Å². The van der Waals surface area contributed by atoms with E-state index >= 15 is 0 Å². The second kappa shape index (κ2) is 7.47. The minimum absolute atomic E-state index is 0.0172. The molecule has 140 valence electrons. The fraction of sp³-hybridized carbons (Fsp3) is 0.154. The van der Waals surface area contributed by atoms with Gasteiger partial charge in [0.25, 0.3) is 0 Å². The number of methoxy groups -OCH3 is 1. The van der Waals surface area contributed by atoms with Crippen LogP contribution in [0, 0.1) is 21.7 Å². The van der Waals surface area contributed by atoms with E-state index in [4.69, 9.17) is 9.88 Å². The summed E-state index contributed by atoms with van der Waals surface area (Å²) in [6, 6.07) is 1.12. The molecular weight excluding hydrogens is 442 g/mol. The number of nitrogens with one attached hydrogen (secondary N) is 1. The normalized spacial score (nSPS) is 11.3. The molecule has 2 aromatic rings. The molecule has 2 rings (SSSR count). The van der Waals surface area contributed by atoms with Gasteiger partial charge in [-0.25, -0.2) is 27.3 Å². The Balaban J connectivity index is 2.42. The summed E-state index contributed by atoms with van der Waals surface area (Å²) in [5, 5.41) is 18.5. The second-order valence-electron chi connectivity index (χ2n) is 4.86. The molecule has 26 heavy (non-hydrogen) atoms. The third-order valence-corrected chi connectivity index (χ3v) is 4.87. The molecule has 0 aliphatic carbocycles. The first-order chi connectivity index (χ1) is 12.1. The number of rotatable bonds is 6. The Bertz CT molecular complexity index is 964. The zero-order valence-electron chi connectivity index (χ0n) is 13.0. The zero-order valence-corrected chi connectivity index (χ0v) is 15.4. The molecule has 0 unspecified atom stereocenters. The number of ether oxygens (including phenoxy) is 1. The van der Waals surface area contributed by atoms with Gasteiger partial charge < -0.3 is 10.1 Å². The highest BCUT2D eigenvalue weighted by Gasteiger charge is 2.23. The first-order valence-corrected chi connectivity index (χ1v) is 9.01. The molecular formula is C13H11BrF2N4O5S. The molecule has 0 saturated carbocycles. The molecule has 0 spiro atoms. The molecule has 0 atom stereocenters. The molecule has 0 radical (unpaired) electrons. The lowest BCUT2D eigenvalue weighted by Gasteiger charge is -2.12. The predicted octanol–water partition coefficient (Wildman–Crippen LogP) is 2.30. The fourth-order valence-corrected chi connectivity index (χ4v) is 3.14. The first kappa shape index (κ1) is 19.9. The third-order valence-electron chi connectivity index (χ3n) is 3.24. The number of aromatic nitrogens is 1. The summed E-state index contributed by atoms with van der Waals surface area (Å²) < 4.78 is 55.5. The van der Waals surface area contributed by atoms with Gasteiger partial charge in [0.05, 0.1) is 16.9 Å². The molecule has 1 heterocycles. The van der Waals surface area contributed by atoms with Crippen LogP contribution in [0.5, 0.6) is 5.88 Å². The van der Waals surface area contributed by atoms with Crippen molar-refractivity contribution in [3.63, 3.8) is 0 Å². The Morgan fingerprint density at radius 2 is 1.96 bits per heavy atom. The van der Waals surface area contributed by atoms with Crippen LogP contribution < -0.4 is 15.2 Å². The van der Waals surface area contributed by atoms with E-state index in [-0.39, 0.29) is 16.0 Å². The molecule has 0 fully saturated rings. The molecule has 3 N–H and O–H groups in total. The highest BCUT2D eigenvalue weighted by Crippen LogP contribution is 2.38. The van der Waals surface area contributed by atoms with E-state index in [0.717, 1.165) is 6.20 Å². The van der Waals surface area contributed by atoms with Crippen LogP contribution in [-0.4, -0.2) is 25.4 Å². The van der Waals surface area contributed by atoms with Crippen molar-refractivity contribution in [1.82, 2.24) is 4.98 Å². The minimum Gasteiger partial charge on any atom is -0.480 e. The second-order valence-corrected chi connectivity index (χ2v) is 7.22. The molecule has 0 saturated heterocycles. The maximum absolute atomic E-state index is 14.1.